The van der Waals surface area contributed by atoms with Gasteiger partial charge in [0.2, 0.25) is 11.8 Å². The number of hydrogen-bond acceptors (Lipinski definition) is 6. The van der Waals surface area contributed by atoms with Crippen LogP contribution in [-0.2, 0) is 0 Å². The molecule has 0 bridgehead atoms. The van der Waals surface area contributed by atoms with Crippen molar-refractivity contribution in [1.82, 2.24) is 20.1 Å². The molecule has 1 aliphatic heterocycles. The van der Waals surface area contributed by atoms with E-state index in [4.69, 9.17) is 4.42 Å². The Balaban J connectivity index is 1.42. The molecule has 7 heteroatoms. The summed E-state index contributed by atoms with van der Waals surface area (Å²) in [5.74, 6) is 2.18. The van der Waals surface area contributed by atoms with Crippen LogP contribution < -0.4 is 4.90 Å². The maximum atomic E-state index is 6.18. The maximum Gasteiger partial charge on any atom is 0.247 e. The van der Waals surface area contributed by atoms with E-state index in [2.05, 4.69) is 71.2 Å². The number of rotatable bonds is 5. The number of piperazine rings is 1. The molecule has 31 heavy (non-hydrogen) atoms. The van der Waals surface area contributed by atoms with Crippen LogP contribution in [0.5, 0.6) is 0 Å². The summed E-state index contributed by atoms with van der Waals surface area (Å²) in [7, 11) is 0. The second-order valence-electron chi connectivity index (χ2n) is 7.48. The van der Waals surface area contributed by atoms with Gasteiger partial charge in [0.1, 0.15) is 11.9 Å². The van der Waals surface area contributed by atoms with Crippen molar-refractivity contribution in [3.05, 3.63) is 94.9 Å². The van der Waals surface area contributed by atoms with Gasteiger partial charge in [0, 0.05) is 42.4 Å². The first kappa shape index (κ1) is 19.9. The molecule has 2 aromatic heterocycles. The summed E-state index contributed by atoms with van der Waals surface area (Å²) in [4.78, 5) is 9.22. The van der Waals surface area contributed by atoms with E-state index in [-0.39, 0.29) is 6.04 Å². The molecule has 0 saturated carbocycles. The van der Waals surface area contributed by atoms with Gasteiger partial charge in [-0.2, -0.15) is 0 Å². The number of aromatic nitrogens is 3. The fourth-order valence-electron chi connectivity index (χ4n) is 3.95. The van der Waals surface area contributed by atoms with Gasteiger partial charge in [0.25, 0.3) is 0 Å². The van der Waals surface area contributed by atoms with Gasteiger partial charge in [0.15, 0.2) is 0 Å². The Morgan fingerprint density at radius 3 is 2.26 bits per heavy atom. The van der Waals surface area contributed by atoms with E-state index in [0.717, 1.165) is 47.6 Å². The highest BCUT2D eigenvalue weighted by Crippen LogP contribution is 2.32. The average molecular weight is 476 g/mol. The summed E-state index contributed by atoms with van der Waals surface area (Å²) in [6, 6.07) is 24.2. The summed E-state index contributed by atoms with van der Waals surface area (Å²) in [5, 5.41) is 8.78. The molecule has 6 nitrogen and oxygen atoms in total. The van der Waals surface area contributed by atoms with Crippen molar-refractivity contribution < 1.29 is 4.42 Å². The SMILES string of the molecule is Brc1ccc([C@H](c2nnc(-c3ccccc3)o2)N2CCN(c3ccccn3)CC2)cc1. The van der Waals surface area contributed by atoms with E-state index in [0.29, 0.717) is 11.8 Å². The molecule has 0 spiro atoms. The van der Waals surface area contributed by atoms with Crippen LogP contribution in [-0.4, -0.2) is 46.3 Å². The van der Waals surface area contributed by atoms with Gasteiger partial charge in [-0.3, -0.25) is 4.90 Å². The fourth-order valence-corrected chi connectivity index (χ4v) is 4.21. The summed E-state index contributed by atoms with van der Waals surface area (Å²) in [6.07, 6.45) is 1.84. The van der Waals surface area contributed by atoms with E-state index in [1.165, 1.54) is 0 Å². The predicted octanol–water partition coefficient (Wildman–Crippen LogP) is 4.81. The van der Waals surface area contributed by atoms with Crippen LogP contribution in [0.1, 0.15) is 17.5 Å². The molecule has 1 aliphatic rings. The van der Waals surface area contributed by atoms with Crippen LogP contribution >= 0.6 is 15.9 Å². The van der Waals surface area contributed by atoms with Gasteiger partial charge < -0.3 is 9.32 Å². The zero-order valence-corrected chi connectivity index (χ0v) is 18.5. The molecule has 1 saturated heterocycles. The standard InChI is InChI=1S/C24H22BrN5O/c25-20-11-9-18(10-12-20)22(24-28-27-23(31-24)19-6-2-1-3-7-19)30-16-14-29(15-17-30)21-8-4-5-13-26-21/h1-13,22H,14-17H2/t22-/m1/s1. The largest absolute Gasteiger partial charge is 0.419 e. The van der Waals surface area contributed by atoms with Crippen LogP contribution in [0.3, 0.4) is 0 Å². The second kappa shape index (κ2) is 8.99. The normalized spacial score (nSPS) is 15.7. The third-order valence-electron chi connectivity index (χ3n) is 5.53. The molecule has 156 valence electrons. The molecule has 1 fully saturated rings. The molecule has 2 aromatic carbocycles. The average Bonchev–Trinajstić information content (AvgIpc) is 3.32. The number of nitrogens with zero attached hydrogens (tertiary/aromatic N) is 5. The zero-order chi connectivity index (χ0) is 21.0. The maximum absolute atomic E-state index is 6.18. The number of pyridine rings is 1. The summed E-state index contributed by atoms with van der Waals surface area (Å²) < 4.78 is 7.23. The monoisotopic (exact) mass is 475 g/mol. The fraction of sp³-hybridized carbons (Fsp3) is 0.208. The Bertz CT molecular complexity index is 1110. The highest BCUT2D eigenvalue weighted by atomic mass is 79.9. The van der Waals surface area contributed by atoms with Crippen LogP contribution in [0.4, 0.5) is 5.82 Å². The lowest BCUT2D eigenvalue weighted by atomic mass is 10.0. The lowest BCUT2D eigenvalue weighted by Gasteiger charge is -2.38. The molecular weight excluding hydrogens is 454 g/mol. The Labute approximate surface area is 189 Å². The van der Waals surface area contributed by atoms with Crippen molar-refractivity contribution in [3.63, 3.8) is 0 Å². The first-order valence-corrected chi connectivity index (χ1v) is 11.1. The number of halogens is 1. The van der Waals surface area contributed by atoms with Crippen molar-refractivity contribution in [2.75, 3.05) is 31.1 Å². The highest BCUT2D eigenvalue weighted by molar-refractivity contribution is 9.10. The van der Waals surface area contributed by atoms with Crippen LogP contribution in [0.15, 0.2) is 87.9 Å². The van der Waals surface area contributed by atoms with Gasteiger partial charge in [-0.1, -0.05) is 52.3 Å². The summed E-state index contributed by atoms with van der Waals surface area (Å²) >= 11 is 3.54. The molecule has 0 radical (unpaired) electrons. The lowest BCUT2D eigenvalue weighted by Crippen LogP contribution is -2.48. The Morgan fingerprint density at radius 1 is 0.806 bits per heavy atom. The smallest absolute Gasteiger partial charge is 0.247 e. The van der Waals surface area contributed by atoms with Gasteiger partial charge in [-0.15, -0.1) is 10.2 Å². The quantitative estimate of drug-likeness (QED) is 0.412. The van der Waals surface area contributed by atoms with Crippen LogP contribution in [0.2, 0.25) is 0 Å². The topological polar surface area (TPSA) is 58.3 Å². The number of hydrogen-bond donors (Lipinski definition) is 0. The third kappa shape index (κ3) is 4.38. The first-order valence-electron chi connectivity index (χ1n) is 10.3. The predicted molar refractivity (Wildman–Crippen MR) is 124 cm³/mol. The van der Waals surface area contributed by atoms with Gasteiger partial charge in [0.05, 0.1) is 0 Å². The minimum Gasteiger partial charge on any atom is -0.419 e. The molecule has 3 heterocycles. The Hall–Kier alpha value is -3.03. The minimum absolute atomic E-state index is 0.0936. The first-order chi connectivity index (χ1) is 15.3. The minimum atomic E-state index is -0.0936. The molecule has 0 aliphatic carbocycles. The van der Waals surface area contributed by atoms with Crippen LogP contribution in [0, 0.1) is 0 Å². The van der Waals surface area contributed by atoms with Crippen molar-refractivity contribution in [2.45, 2.75) is 6.04 Å². The van der Waals surface area contributed by atoms with E-state index >= 15 is 0 Å². The van der Waals surface area contributed by atoms with Crippen molar-refractivity contribution in [1.29, 1.82) is 0 Å². The summed E-state index contributed by atoms with van der Waals surface area (Å²) in [5.41, 5.74) is 2.06. The molecule has 4 aromatic rings. The van der Waals surface area contributed by atoms with E-state index < -0.39 is 0 Å². The van der Waals surface area contributed by atoms with Crippen molar-refractivity contribution >= 4 is 21.7 Å². The number of benzene rings is 2. The Morgan fingerprint density at radius 2 is 1.55 bits per heavy atom. The molecule has 1 atom stereocenters. The van der Waals surface area contributed by atoms with Crippen molar-refractivity contribution in [2.24, 2.45) is 0 Å². The molecule has 0 unspecified atom stereocenters. The second-order valence-corrected chi connectivity index (χ2v) is 8.39. The zero-order valence-electron chi connectivity index (χ0n) is 16.9. The Kier molecular flexibility index (Phi) is 5.78. The van der Waals surface area contributed by atoms with Crippen LogP contribution in [0.25, 0.3) is 11.5 Å². The van der Waals surface area contributed by atoms with Crippen molar-refractivity contribution in [3.8, 4) is 11.5 Å². The molecule has 0 N–H and O–H groups in total. The molecular formula is C24H22BrN5O. The van der Waals surface area contributed by atoms with Gasteiger partial charge in [-0.25, -0.2) is 4.98 Å². The summed E-state index contributed by atoms with van der Waals surface area (Å²) in [6.45, 7) is 3.54. The van der Waals surface area contributed by atoms with Gasteiger partial charge in [-0.05, 0) is 42.0 Å². The number of anilines is 1. The highest BCUT2D eigenvalue weighted by Gasteiger charge is 2.31. The molecule has 5 rings (SSSR count). The van der Waals surface area contributed by atoms with E-state index in [1.807, 2.05) is 48.7 Å². The molecule has 0 amide bonds. The van der Waals surface area contributed by atoms with E-state index in [9.17, 15) is 0 Å². The van der Waals surface area contributed by atoms with E-state index in [1.54, 1.807) is 0 Å². The third-order valence-corrected chi connectivity index (χ3v) is 6.06. The lowest BCUT2D eigenvalue weighted by molar-refractivity contribution is 0.187. The van der Waals surface area contributed by atoms with Gasteiger partial charge >= 0.3 is 0 Å².